The summed E-state index contributed by atoms with van der Waals surface area (Å²) >= 11 is 6.43. The minimum atomic E-state index is -4.61. The Balaban J connectivity index is 1.90. The van der Waals surface area contributed by atoms with E-state index in [0.29, 0.717) is 33.6 Å². The molecule has 4 aromatic carbocycles. The number of hydrogen-bond acceptors (Lipinski definition) is 4. The molecule has 5 rings (SSSR count). The van der Waals surface area contributed by atoms with Gasteiger partial charge in [-0.3, -0.25) is 0 Å². The summed E-state index contributed by atoms with van der Waals surface area (Å²) in [5.74, 6) is 0.0836. The summed E-state index contributed by atoms with van der Waals surface area (Å²) in [7, 11) is 0. The quantitative estimate of drug-likeness (QED) is 0.226. The number of aromatic nitrogens is 2. The van der Waals surface area contributed by atoms with Gasteiger partial charge < -0.3 is 15.3 Å². The molecule has 0 spiro atoms. The fourth-order valence-corrected chi connectivity index (χ4v) is 4.25. The van der Waals surface area contributed by atoms with Crippen molar-refractivity contribution in [2.24, 2.45) is 0 Å². The molecule has 9 heteroatoms. The first-order valence-corrected chi connectivity index (χ1v) is 11.4. The van der Waals surface area contributed by atoms with E-state index in [-0.39, 0.29) is 28.0 Å². The second-order valence-electron chi connectivity index (χ2n) is 8.29. The van der Waals surface area contributed by atoms with Crippen LogP contribution in [0, 0.1) is 0 Å². The van der Waals surface area contributed by atoms with Crippen LogP contribution in [0.3, 0.4) is 0 Å². The monoisotopic (exact) mass is 522 g/mol. The maximum atomic E-state index is 13.6. The van der Waals surface area contributed by atoms with Gasteiger partial charge in [0, 0.05) is 16.7 Å². The largest absolute Gasteiger partial charge is 0.508 e. The Hall–Kier alpha value is -4.43. The van der Waals surface area contributed by atoms with Crippen LogP contribution in [0.2, 0.25) is 5.02 Å². The van der Waals surface area contributed by atoms with Crippen molar-refractivity contribution in [1.29, 1.82) is 0 Å². The summed E-state index contributed by atoms with van der Waals surface area (Å²) in [5.41, 5.74) is 2.23. The van der Waals surface area contributed by atoms with Gasteiger partial charge in [0.1, 0.15) is 22.9 Å². The number of hydrogen-bond donors (Lipinski definition) is 3. The van der Waals surface area contributed by atoms with Crippen molar-refractivity contribution in [3.63, 3.8) is 0 Å². The van der Waals surface area contributed by atoms with E-state index >= 15 is 0 Å². The van der Waals surface area contributed by atoms with Gasteiger partial charge in [-0.05, 0) is 84.4 Å². The average Bonchev–Trinajstić information content (AvgIpc) is 3.25. The predicted octanol–water partition coefficient (Wildman–Crippen LogP) is 7.66. The van der Waals surface area contributed by atoms with E-state index in [2.05, 4.69) is 0 Å². The lowest BCUT2D eigenvalue weighted by Crippen LogP contribution is -2.08. The highest BCUT2D eigenvalue weighted by Gasteiger charge is 2.32. The zero-order valence-corrected chi connectivity index (χ0v) is 19.7. The molecule has 0 saturated heterocycles. The van der Waals surface area contributed by atoms with Crippen molar-refractivity contribution in [3.8, 4) is 56.6 Å². The first-order valence-electron chi connectivity index (χ1n) is 11.0. The molecule has 0 aliphatic rings. The summed E-state index contributed by atoms with van der Waals surface area (Å²) in [4.78, 5) is 0. The zero-order chi connectivity index (χ0) is 26.3. The van der Waals surface area contributed by atoms with E-state index in [1.54, 1.807) is 36.4 Å². The van der Waals surface area contributed by atoms with Crippen LogP contribution in [0.1, 0.15) is 5.56 Å². The molecule has 186 valence electrons. The highest BCUT2D eigenvalue weighted by molar-refractivity contribution is 6.32. The Kier molecular flexibility index (Phi) is 6.05. The van der Waals surface area contributed by atoms with Crippen LogP contribution >= 0.6 is 11.6 Å². The highest BCUT2D eigenvalue weighted by Crippen LogP contribution is 2.44. The Labute approximate surface area is 214 Å². The molecule has 0 amide bonds. The number of aromatic hydroxyl groups is 3. The first kappa shape index (κ1) is 24.3. The van der Waals surface area contributed by atoms with Crippen LogP contribution in [-0.2, 0) is 6.18 Å². The number of phenolic OH excluding ortho intramolecular Hbond substituents is 3. The Morgan fingerprint density at radius 1 is 0.649 bits per heavy atom. The topological polar surface area (TPSA) is 78.5 Å². The average molecular weight is 523 g/mol. The summed E-state index contributed by atoms with van der Waals surface area (Å²) in [6, 6.07) is 21.7. The Morgan fingerprint density at radius 2 is 1.14 bits per heavy atom. The molecule has 0 atom stereocenters. The second kappa shape index (κ2) is 9.22. The van der Waals surface area contributed by atoms with Gasteiger partial charge in [0.2, 0.25) is 0 Å². The third-order valence-corrected chi connectivity index (χ3v) is 6.14. The van der Waals surface area contributed by atoms with Crippen molar-refractivity contribution >= 4 is 11.6 Å². The maximum absolute atomic E-state index is 13.6. The Bertz CT molecular complexity index is 1580. The molecule has 0 saturated carbocycles. The van der Waals surface area contributed by atoms with Crippen LogP contribution in [-0.4, -0.2) is 25.1 Å². The van der Waals surface area contributed by atoms with E-state index in [1.165, 1.54) is 47.1 Å². The maximum Gasteiger partial charge on any atom is 0.416 e. The van der Waals surface area contributed by atoms with Crippen molar-refractivity contribution in [2.75, 3.05) is 0 Å². The lowest BCUT2D eigenvalue weighted by Gasteiger charge is -2.14. The fraction of sp³-hybridized carbons (Fsp3) is 0.0357. The van der Waals surface area contributed by atoms with Gasteiger partial charge in [0.15, 0.2) is 0 Å². The molecule has 1 aromatic heterocycles. The third-order valence-electron chi connectivity index (χ3n) is 5.82. The molecule has 0 unspecified atom stereocenters. The molecule has 0 fully saturated rings. The normalized spacial score (nSPS) is 11.6. The van der Waals surface area contributed by atoms with E-state index in [4.69, 9.17) is 16.7 Å². The highest BCUT2D eigenvalue weighted by atomic mass is 35.5. The molecule has 0 aliphatic heterocycles. The minimum Gasteiger partial charge on any atom is -0.508 e. The molecular formula is C28H18ClF3N2O3. The van der Waals surface area contributed by atoms with E-state index in [9.17, 15) is 28.5 Å². The molecule has 37 heavy (non-hydrogen) atoms. The first-order chi connectivity index (χ1) is 17.6. The number of halogens is 4. The number of nitrogens with zero attached hydrogens (tertiary/aromatic N) is 2. The van der Waals surface area contributed by atoms with Gasteiger partial charge >= 0.3 is 6.18 Å². The number of phenols is 3. The van der Waals surface area contributed by atoms with E-state index < -0.39 is 11.7 Å². The molecule has 5 aromatic rings. The lowest BCUT2D eigenvalue weighted by molar-refractivity contribution is -0.137. The smallest absolute Gasteiger partial charge is 0.416 e. The van der Waals surface area contributed by atoms with Gasteiger partial charge in [0.05, 0.1) is 22.0 Å². The molecule has 3 N–H and O–H groups in total. The molecule has 0 bridgehead atoms. The second-order valence-corrected chi connectivity index (χ2v) is 8.70. The van der Waals surface area contributed by atoms with Crippen LogP contribution in [0.4, 0.5) is 13.2 Å². The minimum absolute atomic E-state index is 0.00428. The van der Waals surface area contributed by atoms with E-state index in [0.717, 1.165) is 12.1 Å². The van der Waals surface area contributed by atoms with Crippen molar-refractivity contribution in [3.05, 3.63) is 102 Å². The zero-order valence-electron chi connectivity index (χ0n) is 18.9. The van der Waals surface area contributed by atoms with Gasteiger partial charge in [-0.1, -0.05) is 23.7 Å². The fourth-order valence-electron chi connectivity index (χ4n) is 4.05. The third kappa shape index (κ3) is 4.71. The van der Waals surface area contributed by atoms with E-state index in [1.807, 2.05) is 0 Å². The number of alkyl halides is 3. The van der Waals surface area contributed by atoms with Crippen molar-refractivity contribution < 1.29 is 28.5 Å². The summed E-state index contributed by atoms with van der Waals surface area (Å²) in [6.45, 7) is 0. The van der Waals surface area contributed by atoms with Gasteiger partial charge in [0.25, 0.3) is 0 Å². The SMILES string of the molecule is Oc1ccc(-c2nn(-c3cc(C(F)(F)F)ccc3Cl)c(-c3ccc(O)cc3)c2-c2ccc(O)cc2)cc1. The van der Waals surface area contributed by atoms with Crippen LogP contribution in [0.25, 0.3) is 39.3 Å². The van der Waals surface area contributed by atoms with Crippen LogP contribution < -0.4 is 0 Å². The Morgan fingerprint density at radius 3 is 1.65 bits per heavy atom. The van der Waals surface area contributed by atoms with Crippen molar-refractivity contribution in [1.82, 2.24) is 9.78 Å². The van der Waals surface area contributed by atoms with Crippen molar-refractivity contribution in [2.45, 2.75) is 6.18 Å². The van der Waals surface area contributed by atoms with Gasteiger partial charge in [-0.2, -0.15) is 18.3 Å². The van der Waals surface area contributed by atoms with Gasteiger partial charge in [-0.25, -0.2) is 4.68 Å². The summed E-state index contributed by atoms with van der Waals surface area (Å²) in [5, 5.41) is 34.3. The molecule has 0 radical (unpaired) electrons. The predicted molar refractivity (Wildman–Crippen MR) is 135 cm³/mol. The summed E-state index contributed by atoms with van der Waals surface area (Å²) in [6.07, 6.45) is -4.61. The lowest BCUT2D eigenvalue weighted by atomic mass is 9.95. The van der Waals surface area contributed by atoms with Crippen LogP contribution in [0.15, 0.2) is 91.0 Å². The summed E-state index contributed by atoms with van der Waals surface area (Å²) < 4.78 is 42.2. The standard InChI is InChI=1S/C28H18ClF3N2O3/c29-23-14-7-19(28(30,31)32)15-24(23)34-27(18-5-12-22(37)13-6-18)25(16-1-8-20(35)9-2-16)26(33-34)17-3-10-21(36)11-4-17/h1-15,35-37H. The molecule has 5 nitrogen and oxygen atoms in total. The van der Waals surface area contributed by atoms with Gasteiger partial charge in [-0.15, -0.1) is 0 Å². The molecule has 1 heterocycles. The van der Waals surface area contributed by atoms with Crippen LogP contribution in [0.5, 0.6) is 17.2 Å². The number of benzene rings is 4. The molecular weight excluding hydrogens is 505 g/mol. The molecule has 0 aliphatic carbocycles. The number of rotatable bonds is 4.